The zero-order valence-corrected chi connectivity index (χ0v) is 15.1. The number of nitrogens with zero attached hydrogens (tertiary/aromatic N) is 1. The van der Waals surface area contributed by atoms with Gasteiger partial charge >= 0.3 is 0 Å². The van der Waals surface area contributed by atoms with Crippen LogP contribution in [0.3, 0.4) is 0 Å². The zero-order chi connectivity index (χ0) is 18.0. The molecule has 1 fully saturated rings. The monoisotopic (exact) mass is 356 g/mol. The van der Waals surface area contributed by atoms with Gasteiger partial charge in [-0.15, -0.1) is 0 Å². The van der Waals surface area contributed by atoms with Crippen LogP contribution >= 0.6 is 11.6 Å². The highest BCUT2D eigenvalue weighted by Crippen LogP contribution is 2.29. The van der Waals surface area contributed by atoms with E-state index in [4.69, 9.17) is 11.6 Å². The van der Waals surface area contributed by atoms with Gasteiger partial charge in [0.05, 0.1) is 12.0 Å². The highest BCUT2D eigenvalue weighted by molar-refractivity contribution is 6.31. The van der Waals surface area contributed by atoms with Crippen LogP contribution in [0.4, 0.5) is 5.69 Å². The van der Waals surface area contributed by atoms with E-state index in [2.05, 4.69) is 5.32 Å². The Morgan fingerprint density at radius 1 is 1.24 bits per heavy atom. The van der Waals surface area contributed by atoms with E-state index in [9.17, 15) is 9.59 Å². The molecule has 2 aromatic rings. The number of benzene rings is 2. The van der Waals surface area contributed by atoms with Crippen LogP contribution in [-0.2, 0) is 9.59 Å². The molecule has 0 saturated carbocycles. The standard InChI is InChI=1S/C20H21ClN2O2/c1-13-8-9-17(11-18(13)21)22-20(25)16-10-19(24)23(12-16)14(2)15-6-4-3-5-7-15/h3-9,11,14,16H,10,12H2,1-2H3,(H,22,25)/t14-,16-/m1/s1. The molecule has 1 saturated heterocycles. The maximum Gasteiger partial charge on any atom is 0.229 e. The van der Waals surface area contributed by atoms with Gasteiger partial charge in [-0.3, -0.25) is 9.59 Å². The molecule has 0 radical (unpaired) electrons. The number of hydrogen-bond donors (Lipinski definition) is 1. The third-order valence-corrected chi connectivity index (χ3v) is 5.13. The predicted octanol–water partition coefficient (Wildman–Crippen LogP) is 4.20. The maximum atomic E-state index is 12.5. The normalized spacial score (nSPS) is 18.3. The Bertz CT molecular complexity index is 792. The average molecular weight is 357 g/mol. The summed E-state index contributed by atoms with van der Waals surface area (Å²) >= 11 is 6.10. The van der Waals surface area contributed by atoms with Crippen LogP contribution in [0.15, 0.2) is 48.5 Å². The first-order chi connectivity index (χ1) is 12.0. The van der Waals surface area contributed by atoms with E-state index in [1.165, 1.54) is 0 Å². The van der Waals surface area contributed by atoms with E-state index < -0.39 is 0 Å². The number of nitrogens with one attached hydrogen (secondary N) is 1. The number of halogens is 1. The summed E-state index contributed by atoms with van der Waals surface area (Å²) in [4.78, 5) is 26.7. The highest BCUT2D eigenvalue weighted by Gasteiger charge is 2.37. The summed E-state index contributed by atoms with van der Waals surface area (Å²) in [6, 6.07) is 15.2. The summed E-state index contributed by atoms with van der Waals surface area (Å²) in [7, 11) is 0. The van der Waals surface area contributed by atoms with Crippen LogP contribution in [0.1, 0.15) is 30.5 Å². The Morgan fingerprint density at radius 2 is 1.96 bits per heavy atom. The van der Waals surface area contributed by atoms with Crippen molar-refractivity contribution >= 4 is 29.1 Å². The molecule has 4 nitrogen and oxygen atoms in total. The van der Waals surface area contributed by atoms with Crippen molar-refractivity contribution in [2.24, 2.45) is 5.92 Å². The number of amides is 2. The van der Waals surface area contributed by atoms with E-state index in [1.54, 1.807) is 11.0 Å². The van der Waals surface area contributed by atoms with Crippen molar-refractivity contribution in [3.05, 3.63) is 64.7 Å². The third-order valence-electron chi connectivity index (χ3n) is 4.72. The van der Waals surface area contributed by atoms with Gasteiger partial charge < -0.3 is 10.2 Å². The SMILES string of the molecule is Cc1ccc(NC(=O)[C@@H]2CC(=O)N([C@H](C)c3ccccc3)C2)cc1Cl. The van der Waals surface area contributed by atoms with Crippen molar-refractivity contribution in [2.75, 3.05) is 11.9 Å². The van der Waals surface area contributed by atoms with E-state index in [-0.39, 0.29) is 30.2 Å². The zero-order valence-electron chi connectivity index (χ0n) is 14.3. The minimum atomic E-state index is -0.348. The molecule has 2 aromatic carbocycles. The van der Waals surface area contributed by atoms with E-state index in [0.717, 1.165) is 11.1 Å². The third kappa shape index (κ3) is 3.85. The topological polar surface area (TPSA) is 49.4 Å². The van der Waals surface area contributed by atoms with Gasteiger partial charge in [0, 0.05) is 23.7 Å². The average Bonchev–Trinajstić information content (AvgIpc) is 3.00. The van der Waals surface area contributed by atoms with Crippen LogP contribution < -0.4 is 5.32 Å². The van der Waals surface area contributed by atoms with Gasteiger partial charge in [-0.25, -0.2) is 0 Å². The highest BCUT2D eigenvalue weighted by atomic mass is 35.5. The summed E-state index contributed by atoms with van der Waals surface area (Å²) in [5.74, 6) is -0.479. The quantitative estimate of drug-likeness (QED) is 0.892. The number of carbonyl (C=O) groups is 2. The van der Waals surface area contributed by atoms with Gasteiger partial charge in [-0.2, -0.15) is 0 Å². The second-order valence-corrected chi connectivity index (χ2v) is 6.89. The van der Waals surface area contributed by atoms with Crippen molar-refractivity contribution in [2.45, 2.75) is 26.3 Å². The molecular formula is C20H21ClN2O2. The van der Waals surface area contributed by atoms with Crippen molar-refractivity contribution in [3.8, 4) is 0 Å². The Labute approximate surface area is 152 Å². The molecule has 0 spiro atoms. The summed E-state index contributed by atoms with van der Waals surface area (Å²) in [5, 5.41) is 3.48. The minimum absolute atomic E-state index is 0.0124. The number of rotatable bonds is 4. The van der Waals surface area contributed by atoms with Gasteiger partial charge in [0.25, 0.3) is 0 Å². The van der Waals surface area contributed by atoms with Gasteiger partial charge in [0.2, 0.25) is 11.8 Å². The van der Waals surface area contributed by atoms with Crippen LogP contribution in [0, 0.1) is 12.8 Å². The summed E-state index contributed by atoms with van der Waals surface area (Å²) in [6.07, 6.45) is 0.239. The Kier molecular flexibility index (Phi) is 5.09. The van der Waals surface area contributed by atoms with E-state index >= 15 is 0 Å². The van der Waals surface area contributed by atoms with Crippen molar-refractivity contribution in [1.29, 1.82) is 0 Å². The molecule has 1 aliphatic rings. The minimum Gasteiger partial charge on any atom is -0.335 e. The second-order valence-electron chi connectivity index (χ2n) is 6.49. The van der Waals surface area contributed by atoms with E-state index in [1.807, 2.05) is 56.3 Å². The molecule has 0 aliphatic carbocycles. The molecule has 25 heavy (non-hydrogen) atoms. The molecule has 5 heteroatoms. The molecule has 1 aliphatic heterocycles. The number of hydrogen-bond acceptors (Lipinski definition) is 2. The van der Waals surface area contributed by atoms with Crippen LogP contribution in [0.5, 0.6) is 0 Å². The summed E-state index contributed by atoms with van der Waals surface area (Å²) in [6.45, 7) is 4.33. The molecular weight excluding hydrogens is 336 g/mol. The van der Waals surface area contributed by atoms with Crippen LogP contribution in [-0.4, -0.2) is 23.3 Å². The molecule has 1 heterocycles. The Hall–Kier alpha value is -2.33. The predicted molar refractivity (Wildman–Crippen MR) is 99.5 cm³/mol. The van der Waals surface area contributed by atoms with Gasteiger partial charge in [-0.05, 0) is 37.1 Å². The fourth-order valence-corrected chi connectivity index (χ4v) is 3.29. The molecule has 1 N–H and O–H groups in total. The van der Waals surface area contributed by atoms with Crippen LogP contribution in [0.25, 0.3) is 0 Å². The molecule has 0 bridgehead atoms. The molecule has 0 aromatic heterocycles. The Morgan fingerprint density at radius 3 is 2.64 bits per heavy atom. The second kappa shape index (κ2) is 7.28. The van der Waals surface area contributed by atoms with Gasteiger partial charge in [-0.1, -0.05) is 48.0 Å². The lowest BCUT2D eigenvalue weighted by Gasteiger charge is -2.25. The number of aryl methyl sites for hydroxylation is 1. The molecule has 2 amide bonds. The van der Waals surface area contributed by atoms with Crippen LogP contribution in [0.2, 0.25) is 5.02 Å². The number of carbonyl (C=O) groups excluding carboxylic acids is 2. The molecule has 0 unspecified atom stereocenters. The maximum absolute atomic E-state index is 12.5. The first-order valence-electron chi connectivity index (χ1n) is 8.37. The van der Waals surface area contributed by atoms with Crippen molar-refractivity contribution in [1.82, 2.24) is 4.90 Å². The van der Waals surface area contributed by atoms with Crippen molar-refractivity contribution < 1.29 is 9.59 Å². The lowest BCUT2D eigenvalue weighted by Crippen LogP contribution is -2.30. The lowest BCUT2D eigenvalue weighted by molar-refractivity contribution is -0.129. The Balaban J connectivity index is 1.67. The first kappa shape index (κ1) is 17.5. The smallest absolute Gasteiger partial charge is 0.229 e. The number of anilines is 1. The number of likely N-dealkylation sites (tertiary alicyclic amines) is 1. The lowest BCUT2D eigenvalue weighted by atomic mass is 10.1. The largest absolute Gasteiger partial charge is 0.335 e. The van der Waals surface area contributed by atoms with Gasteiger partial charge in [0.15, 0.2) is 0 Å². The summed E-state index contributed by atoms with van der Waals surface area (Å²) < 4.78 is 0. The fourth-order valence-electron chi connectivity index (χ4n) is 3.11. The van der Waals surface area contributed by atoms with E-state index in [0.29, 0.717) is 17.3 Å². The van der Waals surface area contributed by atoms with Gasteiger partial charge in [0.1, 0.15) is 0 Å². The van der Waals surface area contributed by atoms with Crippen molar-refractivity contribution in [3.63, 3.8) is 0 Å². The molecule has 130 valence electrons. The summed E-state index contributed by atoms with van der Waals surface area (Å²) in [5.41, 5.74) is 2.68. The first-order valence-corrected chi connectivity index (χ1v) is 8.75. The molecule has 3 rings (SSSR count). The molecule has 2 atom stereocenters. The fraction of sp³-hybridized carbons (Fsp3) is 0.300.